The molecule has 0 radical (unpaired) electrons. The molecule has 0 aliphatic rings. The Morgan fingerprint density at radius 2 is 1.73 bits per heavy atom. The summed E-state index contributed by atoms with van der Waals surface area (Å²) < 4.78 is 0. The number of benzene rings is 2. The zero-order valence-corrected chi connectivity index (χ0v) is 19.5. The molecule has 4 nitrogen and oxygen atoms in total. The van der Waals surface area contributed by atoms with Crippen LogP contribution in [0.25, 0.3) is 0 Å². The molecule has 0 saturated carbocycles. The van der Waals surface area contributed by atoms with Gasteiger partial charge in [-0.3, -0.25) is 9.59 Å². The van der Waals surface area contributed by atoms with Crippen molar-refractivity contribution in [2.24, 2.45) is 5.92 Å². The molecule has 2 rings (SSSR count). The second-order valence-electron chi connectivity index (χ2n) is 7.62. The van der Waals surface area contributed by atoms with E-state index in [9.17, 15) is 9.59 Å². The van der Waals surface area contributed by atoms with Crippen molar-refractivity contribution in [1.82, 2.24) is 10.2 Å². The van der Waals surface area contributed by atoms with E-state index >= 15 is 0 Å². The van der Waals surface area contributed by atoms with Gasteiger partial charge in [-0.1, -0.05) is 62.7 Å². The number of hydrogen-bond acceptors (Lipinski definition) is 3. The van der Waals surface area contributed by atoms with Gasteiger partial charge in [-0.25, -0.2) is 0 Å². The SMILES string of the molecule is CC[C@@H](C(=O)NCC(C)C)N(Cc1ccc(Cl)cc1)C(=O)CCSc1ccccc1. The summed E-state index contributed by atoms with van der Waals surface area (Å²) >= 11 is 7.65. The minimum atomic E-state index is -0.492. The minimum absolute atomic E-state index is 0.0140. The van der Waals surface area contributed by atoms with E-state index in [4.69, 9.17) is 11.6 Å². The Labute approximate surface area is 189 Å². The van der Waals surface area contributed by atoms with Gasteiger partial charge in [0.15, 0.2) is 0 Å². The van der Waals surface area contributed by atoms with E-state index in [0.717, 1.165) is 10.5 Å². The van der Waals surface area contributed by atoms with E-state index in [1.165, 1.54) is 0 Å². The molecule has 0 bridgehead atoms. The quantitative estimate of drug-likeness (QED) is 0.470. The predicted octanol–water partition coefficient (Wildman–Crippen LogP) is 5.40. The van der Waals surface area contributed by atoms with Crippen molar-refractivity contribution >= 4 is 35.2 Å². The van der Waals surface area contributed by atoms with Crippen LogP contribution in [0.1, 0.15) is 39.2 Å². The van der Waals surface area contributed by atoms with Gasteiger partial charge in [-0.2, -0.15) is 0 Å². The second kappa shape index (κ2) is 12.7. The summed E-state index contributed by atoms with van der Waals surface area (Å²) in [6.45, 7) is 7.04. The van der Waals surface area contributed by atoms with Gasteiger partial charge in [0.25, 0.3) is 0 Å². The highest BCUT2D eigenvalue weighted by Crippen LogP contribution is 2.20. The zero-order valence-electron chi connectivity index (χ0n) is 17.9. The summed E-state index contributed by atoms with van der Waals surface area (Å²) in [6.07, 6.45) is 0.941. The van der Waals surface area contributed by atoms with Crippen LogP contribution >= 0.6 is 23.4 Å². The molecule has 1 N–H and O–H groups in total. The number of halogens is 1. The summed E-state index contributed by atoms with van der Waals surface area (Å²) in [4.78, 5) is 28.8. The van der Waals surface area contributed by atoms with Crippen LogP contribution in [0.5, 0.6) is 0 Å². The van der Waals surface area contributed by atoms with Crippen LogP contribution in [0, 0.1) is 5.92 Å². The predicted molar refractivity (Wildman–Crippen MR) is 126 cm³/mol. The summed E-state index contributed by atoms with van der Waals surface area (Å²) in [6, 6.07) is 17.0. The summed E-state index contributed by atoms with van der Waals surface area (Å²) in [7, 11) is 0. The molecule has 0 spiro atoms. The first-order valence-electron chi connectivity index (χ1n) is 10.4. The molecule has 0 aliphatic carbocycles. The number of hydrogen-bond donors (Lipinski definition) is 1. The fraction of sp³-hybridized carbons (Fsp3) is 0.417. The monoisotopic (exact) mass is 446 g/mol. The lowest BCUT2D eigenvalue weighted by Crippen LogP contribution is -2.49. The van der Waals surface area contributed by atoms with E-state index in [1.807, 2.05) is 61.5 Å². The van der Waals surface area contributed by atoms with Crippen molar-refractivity contribution in [3.8, 4) is 0 Å². The fourth-order valence-corrected chi connectivity index (χ4v) is 4.03. The third kappa shape index (κ3) is 8.04. The van der Waals surface area contributed by atoms with Gasteiger partial charge in [0.1, 0.15) is 6.04 Å². The number of carbonyl (C=O) groups is 2. The number of thioether (sulfide) groups is 1. The van der Waals surface area contributed by atoms with Gasteiger partial charge >= 0.3 is 0 Å². The summed E-state index contributed by atoms with van der Waals surface area (Å²) in [5, 5.41) is 3.64. The molecule has 162 valence electrons. The van der Waals surface area contributed by atoms with Gasteiger partial charge < -0.3 is 10.2 Å². The maximum absolute atomic E-state index is 13.2. The number of amides is 2. The molecular formula is C24H31ClN2O2S. The first kappa shape index (κ1) is 24.3. The maximum Gasteiger partial charge on any atom is 0.242 e. The van der Waals surface area contributed by atoms with Crippen LogP contribution in [0.4, 0.5) is 0 Å². The fourth-order valence-electron chi connectivity index (χ4n) is 3.05. The Morgan fingerprint density at radius 1 is 1.07 bits per heavy atom. The largest absolute Gasteiger partial charge is 0.354 e. The van der Waals surface area contributed by atoms with E-state index in [-0.39, 0.29) is 11.8 Å². The Balaban J connectivity index is 2.10. The number of rotatable bonds is 11. The molecule has 6 heteroatoms. The molecule has 0 aromatic heterocycles. The Kier molecular flexibility index (Phi) is 10.2. The normalized spacial score (nSPS) is 11.9. The molecule has 0 saturated heterocycles. The van der Waals surface area contributed by atoms with Crippen molar-refractivity contribution in [1.29, 1.82) is 0 Å². The Morgan fingerprint density at radius 3 is 2.33 bits per heavy atom. The zero-order chi connectivity index (χ0) is 21.9. The lowest BCUT2D eigenvalue weighted by molar-refractivity contribution is -0.141. The highest BCUT2D eigenvalue weighted by Gasteiger charge is 2.28. The minimum Gasteiger partial charge on any atom is -0.354 e. The van der Waals surface area contributed by atoms with E-state index in [1.54, 1.807) is 16.7 Å². The standard InChI is InChI=1S/C24H31ClN2O2S/c1-4-22(24(29)26-16-18(2)3)27(17-19-10-12-20(25)13-11-19)23(28)14-15-30-21-8-6-5-7-9-21/h5-13,18,22H,4,14-17H2,1-3H3,(H,26,29)/t22-/m0/s1. The van der Waals surface area contributed by atoms with Gasteiger partial charge in [-0.05, 0) is 42.2 Å². The highest BCUT2D eigenvalue weighted by molar-refractivity contribution is 7.99. The van der Waals surface area contributed by atoms with Crippen LogP contribution in [0.15, 0.2) is 59.5 Å². The molecule has 0 aliphatic heterocycles. The smallest absolute Gasteiger partial charge is 0.242 e. The van der Waals surface area contributed by atoms with E-state index in [2.05, 4.69) is 19.2 Å². The van der Waals surface area contributed by atoms with E-state index < -0.39 is 6.04 Å². The van der Waals surface area contributed by atoms with Crippen molar-refractivity contribution in [3.63, 3.8) is 0 Å². The van der Waals surface area contributed by atoms with Crippen molar-refractivity contribution in [2.75, 3.05) is 12.3 Å². The summed E-state index contributed by atoms with van der Waals surface area (Å²) in [5.41, 5.74) is 0.957. The summed E-state index contributed by atoms with van der Waals surface area (Å²) in [5.74, 6) is 0.919. The molecule has 0 heterocycles. The van der Waals surface area contributed by atoms with Crippen LogP contribution in [-0.2, 0) is 16.1 Å². The Bertz CT molecular complexity index is 797. The Hall–Kier alpha value is -1.98. The molecule has 2 aromatic carbocycles. The first-order valence-corrected chi connectivity index (χ1v) is 11.8. The van der Waals surface area contributed by atoms with Gasteiger partial charge in [-0.15, -0.1) is 11.8 Å². The van der Waals surface area contributed by atoms with Gasteiger partial charge in [0.2, 0.25) is 11.8 Å². The topological polar surface area (TPSA) is 49.4 Å². The highest BCUT2D eigenvalue weighted by atomic mass is 35.5. The van der Waals surface area contributed by atoms with Crippen LogP contribution in [0.2, 0.25) is 5.02 Å². The molecule has 0 unspecified atom stereocenters. The maximum atomic E-state index is 13.2. The van der Waals surface area contributed by atoms with Gasteiger partial charge in [0, 0.05) is 35.2 Å². The molecule has 2 aromatic rings. The van der Waals surface area contributed by atoms with Crippen molar-refractivity contribution in [2.45, 2.75) is 51.1 Å². The van der Waals surface area contributed by atoms with Gasteiger partial charge in [0.05, 0.1) is 0 Å². The van der Waals surface area contributed by atoms with Crippen molar-refractivity contribution in [3.05, 3.63) is 65.2 Å². The van der Waals surface area contributed by atoms with E-state index in [0.29, 0.717) is 42.6 Å². The molecular weight excluding hydrogens is 416 g/mol. The first-order chi connectivity index (χ1) is 14.4. The number of carbonyl (C=O) groups excluding carboxylic acids is 2. The lowest BCUT2D eigenvalue weighted by atomic mass is 10.1. The number of nitrogens with one attached hydrogen (secondary N) is 1. The molecule has 2 amide bonds. The molecule has 1 atom stereocenters. The third-order valence-corrected chi connectivity index (χ3v) is 5.93. The van der Waals surface area contributed by atoms with Crippen LogP contribution < -0.4 is 5.32 Å². The number of nitrogens with zero attached hydrogens (tertiary/aromatic N) is 1. The van der Waals surface area contributed by atoms with Crippen LogP contribution in [-0.4, -0.2) is 35.1 Å². The average molecular weight is 447 g/mol. The molecule has 30 heavy (non-hydrogen) atoms. The van der Waals surface area contributed by atoms with Crippen LogP contribution in [0.3, 0.4) is 0 Å². The van der Waals surface area contributed by atoms with Crippen molar-refractivity contribution < 1.29 is 9.59 Å². The lowest BCUT2D eigenvalue weighted by Gasteiger charge is -2.31. The average Bonchev–Trinajstić information content (AvgIpc) is 2.74. The second-order valence-corrected chi connectivity index (χ2v) is 9.23. The molecule has 0 fully saturated rings. The third-order valence-electron chi connectivity index (χ3n) is 4.66.